The van der Waals surface area contributed by atoms with Gasteiger partial charge in [-0.15, -0.1) is 0 Å². The lowest BCUT2D eigenvalue weighted by atomic mass is 10.3. The first-order valence-electron chi connectivity index (χ1n) is 9.77. The summed E-state index contributed by atoms with van der Waals surface area (Å²) in [5, 5.41) is 2.97. The zero-order valence-electron chi connectivity index (χ0n) is 18.4. The van der Waals surface area contributed by atoms with Gasteiger partial charge in [0.25, 0.3) is 20.0 Å². The molecular formula is C22H22ClN3O6S2. The van der Waals surface area contributed by atoms with Gasteiger partial charge >= 0.3 is 0 Å². The maximum absolute atomic E-state index is 13.1. The van der Waals surface area contributed by atoms with Gasteiger partial charge in [-0.25, -0.2) is 16.8 Å². The van der Waals surface area contributed by atoms with E-state index in [2.05, 4.69) is 10.0 Å². The average molecular weight is 524 g/mol. The lowest BCUT2D eigenvalue weighted by Crippen LogP contribution is -2.27. The van der Waals surface area contributed by atoms with Crippen molar-refractivity contribution in [3.05, 3.63) is 71.8 Å². The number of carbonyl (C=O) groups is 1. The van der Waals surface area contributed by atoms with E-state index in [0.29, 0.717) is 10.7 Å². The summed E-state index contributed by atoms with van der Waals surface area (Å²) in [5.41, 5.74) is 0.797. The summed E-state index contributed by atoms with van der Waals surface area (Å²) in [6.07, 6.45) is 0. The zero-order chi connectivity index (χ0) is 25.1. The van der Waals surface area contributed by atoms with Crippen molar-refractivity contribution in [1.82, 2.24) is 0 Å². The topological polar surface area (TPSA) is 122 Å². The van der Waals surface area contributed by atoms with E-state index in [1.165, 1.54) is 75.7 Å². The number of hydrogen-bond acceptors (Lipinski definition) is 6. The third kappa shape index (κ3) is 5.61. The number of anilines is 3. The highest BCUT2D eigenvalue weighted by molar-refractivity contribution is 7.93. The van der Waals surface area contributed by atoms with E-state index in [9.17, 15) is 21.6 Å². The summed E-state index contributed by atoms with van der Waals surface area (Å²) in [6.45, 7) is 1.36. The summed E-state index contributed by atoms with van der Waals surface area (Å²) in [4.78, 5) is 10.9. The Hall–Kier alpha value is -3.28. The van der Waals surface area contributed by atoms with E-state index < -0.39 is 20.0 Å². The van der Waals surface area contributed by atoms with Crippen LogP contribution in [-0.2, 0) is 24.8 Å². The van der Waals surface area contributed by atoms with Gasteiger partial charge in [0.2, 0.25) is 5.91 Å². The molecule has 0 spiro atoms. The van der Waals surface area contributed by atoms with Crippen LogP contribution in [0.25, 0.3) is 0 Å². The number of halogens is 1. The van der Waals surface area contributed by atoms with Crippen LogP contribution in [-0.4, -0.2) is 36.9 Å². The minimum Gasteiger partial charge on any atom is -0.495 e. The predicted molar refractivity (Wildman–Crippen MR) is 132 cm³/mol. The van der Waals surface area contributed by atoms with Gasteiger partial charge in [-0.2, -0.15) is 0 Å². The van der Waals surface area contributed by atoms with Gasteiger partial charge in [0, 0.05) is 30.4 Å². The van der Waals surface area contributed by atoms with Gasteiger partial charge in [0.05, 0.1) is 22.6 Å². The highest BCUT2D eigenvalue weighted by atomic mass is 35.5. The van der Waals surface area contributed by atoms with Gasteiger partial charge in [-0.1, -0.05) is 11.6 Å². The van der Waals surface area contributed by atoms with Crippen LogP contribution in [0, 0.1) is 0 Å². The monoisotopic (exact) mass is 523 g/mol. The van der Waals surface area contributed by atoms with Crippen molar-refractivity contribution in [2.45, 2.75) is 16.7 Å². The summed E-state index contributed by atoms with van der Waals surface area (Å²) < 4.78 is 60.8. The molecule has 0 heterocycles. The highest BCUT2D eigenvalue weighted by Crippen LogP contribution is 2.34. The molecule has 9 nitrogen and oxygen atoms in total. The van der Waals surface area contributed by atoms with Gasteiger partial charge in [-0.05, 0) is 66.7 Å². The molecule has 0 aliphatic rings. The number of nitrogens with zero attached hydrogens (tertiary/aromatic N) is 1. The molecule has 3 aromatic carbocycles. The standard InChI is InChI=1S/C22H22ClN3O6S2/c1-15(27)24-17-6-8-18(9-7-17)25-33(28,29)20-12-13-22(32-3)21(14-20)26(2)34(30,31)19-10-4-16(23)5-11-19/h4-14,25H,1-3H3,(H,24,27). The predicted octanol–water partition coefficient (Wildman–Crippen LogP) is 3.93. The summed E-state index contributed by atoms with van der Waals surface area (Å²) in [5.74, 6) is -0.0876. The number of nitrogens with one attached hydrogen (secondary N) is 2. The van der Waals surface area contributed by atoms with Gasteiger partial charge in [0.1, 0.15) is 5.75 Å². The van der Waals surface area contributed by atoms with Crippen LogP contribution >= 0.6 is 11.6 Å². The molecule has 0 fully saturated rings. The third-order valence-electron chi connectivity index (χ3n) is 4.73. The number of amides is 1. The Labute approximate surface area is 203 Å². The summed E-state index contributed by atoms with van der Waals surface area (Å²) in [7, 11) is -5.46. The molecule has 3 aromatic rings. The number of hydrogen-bond donors (Lipinski definition) is 2. The van der Waals surface area contributed by atoms with Crippen molar-refractivity contribution in [1.29, 1.82) is 0 Å². The van der Waals surface area contributed by atoms with E-state index in [-0.39, 0.29) is 32.8 Å². The maximum atomic E-state index is 13.1. The van der Waals surface area contributed by atoms with Crippen molar-refractivity contribution < 1.29 is 26.4 Å². The average Bonchev–Trinajstić information content (AvgIpc) is 2.79. The molecule has 1 amide bonds. The molecule has 34 heavy (non-hydrogen) atoms. The molecular weight excluding hydrogens is 502 g/mol. The van der Waals surface area contributed by atoms with Crippen LogP contribution in [0.2, 0.25) is 5.02 Å². The molecule has 0 aromatic heterocycles. The molecule has 0 radical (unpaired) electrons. The molecule has 2 N–H and O–H groups in total. The Bertz CT molecular complexity index is 1410. The van der Waals surface area contributed by atoms with Gasteiger partial charge < -0.3 is 10.1 Å². The first kappa shape index (κ1) is 25.3. The summed E-state index contributed by atoms with van der Waals surface area (Å²) >= 11 is 5.85. The number of rotatable bonds is 8. The van der Waals surface area contributed by atoms with E-state index in [1.807, 2.05) is 0 Å². The Morgan fingerprint density at radius 1 is 0.882 bits per heavy atom. The molecule has 0 saturated heterocycles. The molecule has 0 saturated carbocycles. The van der Waals surface area contributed by atoms with Crippen LogP contribution in [0.15, 0.2) is 76.5 Å². The smallest absolute Gasteiger partial charge is 0.264 e. The highest BCUT2D eigenvalue weighted by Gasteiger charge is 2.26. The van der Waals surface area contributed by atoms with Crippen LogP contribution in [0.1, 0.15) is 6.92 Å². The van der Waals surface area contributed by atoms with E-state index in [4.69, 9.17) is 16.3 Å². The second-order valence-corrected chi connectivity index (χ2v) is 11.2. The molecule has 0 aliphatic heterocycles. The molecule has 0 bridgehead atoms. The zero-order valence-corrected chi connectivity index (χ0v) is 20.8. The number of carbonyl (C=O) groups excluding carboxylic acids is 1. The molecule has 12 heteroatoms. The largest absolute Gasteiger partial charge is 0.495 e. The van der Waals surface area contributed by atoms with Crippen molar-refractivity contribution in [3.8, 4) is 5.75 Å². The van der Waals surface area contributed by atoms with Crippen molar-refractivity contribution >= 4 is 54.6 Å². The minimum atomic E-state index is -4.08. The first-order valence-corrected chi connectivity index (χ1v) is 13.1. The lowest BCUT2D eigenvalue weighted by molar-refractivity contribution is -0.114. The number of methoxy groups -OCH3 is 1. The van der Waals surface area contributed by atoms with Crippen molar-refractivity contribution in [2.75, 3.05) is 28.5 Å². The maximum Gasteiger partial charge on any atom is 0.264 e. The second-order valence-electron chi connectivity index (χ2n) is 7.12. The molecule has 3 rings (SSSR count). The van der Waals surface area contributed by atoms with E-state index >= 15 is 0 Å². The van der Waals surface area contributed by atoms with Crippen LogP contribution in [0.4, 0.5) is 17.1 Å². The van der Waals surface area contributed by atoms with Crippen LogP contribution in [0.3, 0.4) is 0 Å². The molecule has 180 valence electrons. The Balaban J connectivity index is 1.95. The fourth-order valence-corrected chi connectivity index (χ4v) is 5.42. The van der Waals surface area contributed by atoms with E-state index in [1.54, 1.807) is 12.1 Å². The minimum absolute atomic E-state index is 0.0212. The fraction of sp³-hybridized carbons (Fsp3) is 0.136. The number of sulfonamides is 2. The number of benzene rings is 3. The van der Waals surface area contributed by atoms with Crippen LogP contribution in [0.5, 0.6) is 5.75 Å². The fourth-order valence-electron chi connectivity index (χ4n) is 3.02. The lowest BCUT2D eigenvalue weighted by Gasteiger charge is -2.22. The van der Waals surface area contributed by atoms with Crippen molar-refractivity contribution in [3.63, 3.8) is 0 Å². The molecule has 0 unspecified atom stereocenters. The third-order valence-corrected chi connectivity index (χ3v) is 8.15. The molecule has 0 aliphatic carbocycles. The van der Waals surface area contributed by atoms with Gasteiger partial charge in [0.15, 0.2) is 0 Å². The summed E-state index contributed by atoms with van der Waals surface area (Å²) in [6, 6.07) is 15.6. The Morgan fingerprint density at radius 3 is 2.00 bits per heavy atom. The first-order chi connectivity index (χ1) is 15.9. The Kier molecular flexibility index (Phi) is 7.39. The van der Waals surface area contributed by atoms with E-state index in [0.717, 1.165) is 4.31 Å². The normalized spacial score (nSPS) is 11.5. The SMILES string of the molecule is COc1ccc(S(=O)(=O)Nc2ccc(NC(C)=O)cc2)cc1N(C)S(=O)(=O)c1ccc(Cl)cc1. The van der Waals surface area contributed by atoms with Crippen molar-refractivity contribution in [2.24, 2.45) is 0 Å². The number of ether oxygens (including phenoxy) is 1. The quantitative estimate of drug-likeness (QED) is 0.461. The molecule has 0 atom stereocenters. The van der Waals surface area contributed by atoms with Gasteiger partial charge in [-0.3, -0.25) is 13.8 Å². The second kappa shape index (κ2) is 9.92. The Morgan fingerprint density at radius 2 is 1.44 bits per heavy atom. The van der Waals surface area contributed by atoms with Crippen LogP contribution < -0.4 is 19.1 Å².